The molecule has 8 N–H and O–H groups in total. The first-order chi connectivity index (χ1) is 38.6. The molecule has 0 bridgehead atoms. The van der Waals surface area contributed by atoms with Crippen LogP contribution in [0.4, 0.5) is 0 Å². The number of ether oxygens (including phenoxy) is 10. The van der Waals surface area contributed by atoms with Gasteiger partial charge in [-0.15, -0.1) is 0 Å². The number of nitrogens with zero attached hydrogens (tertiary/aromatic N) is 3. The number of aromatic nitrogens is 2. The molecule has 27 nitrogen and oxygen atoms in total. The van der Waals surface area contributed by atoms with Crippen LogP contribution in [0.1, 0.15) is 104 Å². The molecule has 4 aliphatic rings. The van der Waals surface area contributed by atoms with E-state index in [4.69, 9.17) is 53.1 Å². The highest BCUT2D eigenvalue weighted by Crippen LogP contribution is 2.37. The number of allylic oxidation sites excluding steroid dienone is 4. The Labute approximate surface area is 470 Å². The van der Waals surface area contributed by atoms with Crippen LogP contribution >= 0.6 is 0 Å². The predicted octanol–water partition coefficient (Wildman–Crippen LogP) is -0.222. The molecule has 5 rings (SSSR count). The predicted molar refractivity (Wildman–Crippen MR) is 284 cm³/mol. The van der Waals surface area contributed by atoms with Crippen LogP contribution in [-0.2, 0) is 71.3 Å². The molecule has 1 amide bonds. The van der Waals surface area contributed by atoms with E-state index in [9.17, 15) is 59.1 Å². The number of carboxylic acids is 1. The first-order valence-electron chi connectivity index (χ1n) is 27.6. The van der Waals surface area contributed by atoms with E-state index in [1.54, 1.807) is 13.8 Å². The van der Waals surface area contributed by atoms with Crippen molar-refractivity contribution in [1.29, 1.82) is 0 Å². The summed E-state index contributed by atoms with van der Waals surface area (Å²) in [6.07, 6.45) is -6.28. The van der Waals surface area contributed by atoms with Gasteiger partial charge in [0.2, 0.25) is 12.2 Å². The average Bonchev–Trinajstić information content (AvgIpc) is 3.83. The Hall–Kier alpha value is -5.01. The summed E-state index contributed by atoms with van der Waals surface area (Å²) in [5.41, 5.74) is 3.94. The van der Waals surface area contributed by atoms with E-state index in [0.29, 0.717) is 19.3 Å². The monoisotopic (exact) mass is 1160 g/mol. The Morgan fingerprint density at radius 1 is 0.790 bits per heavy atom. The molecule has 1 aromatic rings. The lowest BCUT2D eigenvalue weighted by Gasteiger charge is -2.43. The zero-order valence-electron chi connectivity index (χ0n) is 47.4. The number of hydrogen-bond donors (Lipinski definition) is 7. The Balaban J connectivity index is 1.33. The van der Waals surface area contributed by atoms with Gasteiger partial charge in [0.05, 0.1) is 12.5 Å². The summed E-state index contributed by atoms with van der Waals surface area (Å²) in [5, 5.41) is 55.2. The van der Waals surface area contributed by atoms with E-state index < -0.39 is 170 Å². The molecule has 0 saturated carbocycles. The third-order valence-electron chi connectivity index (χ3n) is 15.0. The molecule has 5 heterocycles. The largest absolute Gasteiger partial charge is 0.480 e. The fourth-order valence-electron chi connectivity index (χ4n) is 10.6. The van der Waals surface area contributed by atoms with Crippen molar-refractivity contribution in [3.8, 4) is 0 Å². The van der Waals surface area contributed by atoms with E-state index in [1.807, 2.05) is 11.1 Å². The van der Waals surface area contributed by atoms with Crippen molar-refractivity contribution in [2.24, 2.45) is 11.7 Å². The molecular formula is C54H85N5O22. The van der Waals surface area contributed by atoms with Gasteiger partial charge in [0.25, 0.3) is 5.56 Å². The van der Waals surface area contributed by atoms with Crippen molar-refractivity contribution in [1.82, 2.24) is 19.4 Å². The van der Waals surface area contributed by atoms with Crippen LogP contribution < -0.4 is 17.0 Å². The van der Waals surface area contributed by atoms with Gasteiger partial charge >= 0.3 is 29.6 Å². The molecule has 1 unspecified atom stereocenters. The average molecular weight is 1160 g/mol. The molecule has 4 saturated heterocycles. The number of carboxylic acid groups (broad SMARTS) is 1. The number of amides is 1. The van der Waals surface area contributed by atoms with Crippen LogP contribution in [0.25, 0.3) is 0 Å². The minimum Gasteiger partial charge on any atom is -0.480 e. The highest BCUT2D eigenvalue weighted by Gasteiger charge is 2.57. The number of aromatic amines is 1. The van der Waals surface area contributed by atoms with E-state index in [2.05, 4.69) is 25.2 Å². The SMILES string of the molecule is CCCCC/C=C\C/C=C\CCCC[C@@H](CC(=O)O[C@H]1CN(C)[C@@H](C(O[C@@H]2O[C@H](CN)[C@@H](O)[C@H]2O)[C@H]2O[C@@H](n3ccc(=O)[nH]c3=O)[C@H](O)[C@@H]2O)C(=O)N(C)[C@@H]1C(=O)O)OC(=O)C[C@H](C)CC(=O)O[C@@H]1O[C@@H](C)[C@H](OC)[C@@H](OC)[C@H]1OC. The van der Waals surface area contributed by atoms with Crippen LogP contribution in [0, 0.1) is 5.92 Å². The number of aliphatic hydroxyl groups excluding tert-OH is 4. The van der Waals surface area contributed by atoms with Gasteiger partial charge < -0.3 is 83.5 Å². The Kier molecular flexibility index (Phi) is 26.5. The smallest absolute Gasteiger partial charge is 0.330 e. The molecule has 81 heavy (non-hydrogen) atoms. The highest BCUT2D eigenvalue weighted by atomic mass is 16.7. The number of methoxy groups -OCH3 is 3. The van der Waals surface area contributed by atoms with Gasteiger partial charge in [0.15, 0.2) is 18.6 Å². The number of aliphatic hydroxyl groups is 4. The molecule has 19 atom stereocenters. The molecule has 0 aromatic carbocycles. The zero-order chi connectivity index (χ0) is 59.7. The Morgan fingerprint density at radius 2 is 1.43 bits per heavy atom. The Bertz CT molecular complexity index is 2370. The van der Waals surface area contributed by atoms with Gasteiger partial charge in [-0.2, -0.15) is 0 Å². The molecule has 0 spiro atoms. The van der Waals surface area contributed by atoms with E-state index in [-0.39, 0.29) is 25.8 Å². The van der Waals surface area contributed by atoms with Gasteiger partial charge in [0, 0.05) is 66.6 Å². The zero-order valence-corrected chi connectivity index (χ0v) is 47.4. The van der Waals surface area contributed by atoms with E-state index in [0.717, 1.165) is 54.5 Å². The van der Waals surface area contributed by atoms with Crippen LogP contribution in [-0.4, -0.2) is 227 Å². The van der Waals surface area contributed by atoms with E-state index >= 15 is 0 Å². The first-order valence-corrected chi connectivity index (χ1v) is 27.6. The van der Waals surface area contributed by atoms with Crippen LogP contribution in [0.5, 0.6) is 0 Å². The summed E-state index contributed by atoms with van der Waals surface area (Å²) >= 11 is 0. The lowest BCUT2D eigenvalue weighted by molar-refractivity contribution is -0.297. The van der Waals surface area contributed by atoms with Gasteiger partial charge in [-0.25, -0.2) is 9.59 Å². The van der Waals surface area contributed by atoms with Crippen molar-refractivity contribution in [3.05, 3.63) is 57.4 Å². The number of hydrogen-bond acceptors (Lipinski definition) is 23. The lowest BCUT2D eigenvalue weighted by Crippen LogP contribution is -2.59. The maximum absolute atomic E-state index is 14.7. The standard InChI is InChI=1S/C54H85N5O22/c1-9-10-11-12-13-14-15-16-17-18-19-20-21-31(76-35(61)24-29(2)25-36(62)79-53-48(74-8)47(73-7)44(72-6)30(3)75-53)26-37(63)77-33-28-57(4)39(49(68)58(5)38(33)51(69)70)45(81-52-43(67)40(64)32(27-55)78-52)46-41(65)42(66)50(80-46)59-23-22-34(60)56-54(59)71/h13-14,16-17,22-23,29-33,38-48,50,52-53,64-67H,9-12,15,18-21,24-28,55H2,1-8H3,(H,69,70)(H,56,60,71)/b14-13-,17-16-/t29-,30-,31-,32+,33-,38-,39-,40+,41-,42+,43+,44-,45?,46-,47+,48+,50+,52-,53-/m0/s1. The minimum absolute atomic E-state index is 0.185. The second kappa shape index (κ2) is 32.2. The highest BCUT2D eigenvalue weighted by molar-refractivity contribution is 5.88. The maximum atomic E-state index is 14.7. The third kappa shape index (κ3) is 17.8. The van der Waals surface area contributed by atoms with Crippen LogP contribution in [0.3, 0.4) is 0 Å². The minimum atomic E-state index is -1.97. The topological polar surface area (TPSA) is 366 Å². The molecule has 4 fully saturated rings. The number of esters is 3. The molecule has 458 valence electrons. The first kappa shape index (κ1) is 66.8. The number of nitrogens with one attached hydrogen (secondary N) is 1. The van der Waals surface area contributed by atoms with Crippen molar-refractivity contribution in [3.63, 3.8) is 0 Å². The van der Waals surface area contributed by atoms with Crippen molar-refractivity contribution < 1.29 is 96.9 Å². The molecule has 4 aliphatic heterocycles. The number of H-pyrrole nitrogens is 1. The van der Waals surface area contributed by atoms with Gasteiger partial charge in [-0.3, -0.25) is 38.4 Å². The molecule has 1 aromatic heterocycles. The number of rotatable bonds is 30. The quantitative estimate of drug-likeness (QED) is 0.0227. The second-order valence-corrected chi connectivity index (χ2v) is 21.1. The molecule has 0 aliphatic carbocycles. The van der Waals surface area contributed by atoms with Gasteiger partial charge in [0.1, 0.15) is 79.3 Å². The summed E-state index contributed by atoms with van der Waals surface area (Å²) in [6.45, 7) is 4.72. The van der Waals surface area contributed by atoms with Crippen molar-refractivity contribution in [2.45, 2.75) is 208 Å². The second-order valence-electron chi connectivity index (χ2n) is 21.1. The molecular weight excluding hydrogens is 1070 g/mol. The van der Waals surface area contributed by atoms with E-state index in [1.165, 1.54) is 39.7 Å². The molecule has 0 radical (unpaired) electrons. The summed E-state index contributed by atoms with van der Waals surface area (Å²) < 4.78 is 58.7. The number of aliphatic carboxylic acids is 1. The normalized spacial score (nSPS) is 32.2. The van der Waals surface area contributed by atoms with Crippen LogP contribution in [0.2, 0.25) is 0 Å². The fraction of sp³-hybridized carbons (Fsp3) is 0.759. The van der Waals surface area contributed by atoms with Crippen LogP contribution in [0.15, 0.2) is 46.2 Å². The van der Waals surface area contributed by atoms with Crippen molar-refractivity contribution >= 4 is 29.8 Å². The summed E-state index contributed by atoms with van der Waals surface area (Å²) in [6, 6.07) is -2.63. The number of likely N-dealkylation sites (N-methyl/N-ethyl adjacent to an activating group) is 2. The Morgan fingerprint density at radius 3 is 2.04 bits per heavy atom. The lowest BCUT2D eigenvalue weighted by atomic mass is 9.97. The van der Waals surface area contributed by atoms with Gasteiger partial charge in [-0.1, -0.05) is 51.0 Å². The summed E-state index contributed by atoms with van der Waals surface area (Å²) in [7, 11) is 6.85. The van der Waals surface area contributed by atoms with Gasteiger partial charge in [-0.05, 0) is 64.8 Å². The summed E-state index contributed by atoms with van der Waals surface area (Å²) in [5.74, 6) is -5.65. The number of unbranched alkanes of at least 4 members (excludes halogenated alkanes) is 5. The van der Waals surface area contributed by atoms with Crippen molar-refractivity contribution in [2.75, 3.05) is 48.5 Å². The number of carbonyl (C=O) groups excluding carboxylic acids is 4. The summed E-state index contributed by atoms with van der Waals surface area (Å²) in [4.78, 5) is 97.6. The number of carbonyl (C=O) groups is 5. The molecule has 27 heteroatoms. The number of nitrogens with two attached hydrogens (primary N) is 1. The maximum Gasteiger partial charge on any atom is 0.330 e. The third-order valence-corrected chi connectivity index (χ3v) is 15.0. The fourth-order valence-corrected chi connectivity index (χ4v) is 10.6.